The quantitative estimate of drug-likeness (QED) is 0.355. The van der Waals surface area contributed by atoms with Crippen LogP contribution in [0.3, 0.4) is 0 Å². The van der Waals surface area contributed by atoms with E-state index in [1.54, 1.807) is 39.3 Å². The zero-order valence-electron chi connectivity index (χ0n) is 18.7. The van der Waals surface area contributed by atoms with Crippen molar-refractivity contribution in [1.82, 2.24) is 9.80 Å². The predicted octanol–water partition coefficient (Wildman–Crippen LogP) is 5.91. The van der Waals surface area contributed by atoms with Gasteiger partial charge in [-0.05, 0) is 48.1 Å². The van der Waals surface area contributed by atoms with Gasteiger partial charge in [-0.3, -0.25) is 9.59 Å². The minimum atomic E-state index is -0.266. The topological polar surface area (TPSA) is 49.9 Å². The van der Waals surface area contributed by atoms with Crippen molar-refractivity contribution < 1.29 is 14.3 Å². The standard InChI is InChI=1S/C26H26Cl2N2O3S/c27-23-11-10-20(14-24(23)28)26(32)30(16-21-8-4-12-33-21)18-25(31)29(17-22-9-5-13-34-22)15-19-6-2-1-3-7-19/h1-3,5-7,9-11,13-14,21H,4,8,12,15-18H2. The van der Waals surface area contributed by atoms with E-state index < -0.39 is 0 Å². The summed E-state index contributed by atoms with van der Waals surface area (Å²) in [6.45, 7) is 1.93. The fourth-order valence-corrected chi connectivity index (χ4v) is 4.97. The van der Waals surface area contributed by atoms with Crippen molar-refractivity contribution in [2.24, 2.45) is 0 Å². The van der Waals surface area contributed by atoms with Crippen molar-refractivity contribution in [1.29, 1.82) is 0 Å². The third-order valence-electron chi connectivity index (χ3n) is 5.72. The second-order valence-corrected chi connectivity index (χ2v) is 10.1. The Morgan fingerprint density at radius 1 is 0.971 bits per heavy atom. The molecule has 0 N–H and O–H groups in total. The van der Waals surface area contributed by atoms with Gasteiger partial charge in [0.1, 0.15) is 6.54 Å². The van der Waals surface area contributed by atoms with Crippen LogP contribution in [0.4, 0.5) is 0 Å². The molecule has 1 atom stereocenters. The maximum absolute atomic E-state index is 13.6. The highest BCUT2D eigenvalue weighted by Gasteiger charge is 2.27. The van der Waals surface area contributed by atoms with Gasteiger partial charge < -0.3 is 14.5 Å². The highest BCUT2D eigenvalue weighted by atomic mass is 35.5. The zero-order chi connectivity index (χ0) is 23.9. The first-order chi connectivity index (χ1) is 16.5. The van der Waals surface area contributed by atoms with Crippen LogP contribution in [0, 0.1) is 0 Å². The summed E-state index contributed by atoms with van der Waals surface area (Å²) >= 11 is 13.8. The Bertz CT molecular complexity index is 1100. The highest BCUT2D eigenvalue weighted by molar-refractivity contribution is 7.09. The Morgan fingerprint density at radius 3 is 2.47 bits per heavy atom. The smallest absolute Gasteiger partial charge is 0.254 e. The number of carbonyl (C=O) groups is 2. The van der Waals surface area contributed by atoms with Crippen molar-refractivity contribution in [2.45, 2.75) is 32.0 Å². The van der Waals surface area contributed by atoms with Crippen molar-refractivity contribution >= 4 is 46.4 Å². The van der Waals surface area contributed by atoms with E-state index in [1.165, 1.54) is 0 Å². The molecule has 0 bridgehead atoms. The highest BCUT2D eigenvalue weighted by Crippen LogP contribution is 2.24. The number of carbonyl (C=O) groups excluding carboxylic acids is 2. The molecule has 1 aliphatic heterocycles. The molecule has 2 heterocycles. The lowest BCUT2D eigenvalue weighted by atomic mass is 10.1. The summed E-state index contributed by atoms with van der Waals surface area (Å²) < 4.78 is 5.77. The Morgan fingerprint density at radius 2 is 1.79 bits per heavy atom. The van der Waals surface area contributed by atoms with E-state index in [0.717, 1.165) is 23.3 Å². The van der Waals surface area contributed by atoms with Gasteiger partial charge in [-0.25, -0.2) is 0 Å². The van der Waals surface area contributed by atoms with Gasteiger partial charge in [0.25, 0.3) is 5.91 Å². The summed E-state index contributed by atoms with van der Waals surface area (Å²) in [5.74, 6) is -0.387. The number of ether oxygens (including phenoxy) is 1. The number of amides is 2. The predicted molar refractivity (Wildman–Crippen MR) is 136 cm³/mol. The maximum atomic E-state index is 13.6. The van der Waals surface area contributed by atoms with Gasteiger partial charge in [0, 0.05) is 30.1 Å². The fraction of sp³-hybridized carbons (Fsp3) is 0.308. The molecule has 8 heteroatoms. The van der Waals surface area contributed by atoms with Crippen LogP contribution in [0.25, 0.3) is 0 Å². The average molecular weight is 517 g/mol. The van der Waals surface area contributed by atoms with E-state index >= 15 is 0 Å². The second kappa shape index (κ2) is 11.8. The number of nitrogens with zero attached hydrogens (tertiary/aromatic N) is 2. The SMILES string of the molecule is O=C(CN(CC1CCCO1)C(=O)c1ccc(Cl)c(Cl)c1)N(Cc1ccccc1)Cc1cccs1. The van der Waals surface area contributed by atoms with Gasteiger partial charge in [-0.15, -0.1) is 11.3 Å². The lowest BCUT2D eigenvalue weighted by Gasteiger charge is -2.29. The molecule has 1 fully saturated rings. The zero-order valence-corrected chi connectivity index (χ0v) is 21.0. The summed E-state index contributed by atoms with van der Waals surface area (Å²) in [6.07, 6.45) is 1.73. The minimum absolute atomic E-state index is 0.0445. The Kier molecular flexibility index (Phi) is 8.62. The van der Waals surface area contributed by atoms with E-state index in [4.69, 9.17) is 27.9 Å². The van der Waals surface area contributed by atoms with Crippen LogP contribution in [0.2, 0.25) is 10.0 Å². The molecule has 1 unspecified atom stereocenters. The van der Waals surface area contributed by atoms with Gasteiger partial charge in [-0.1, -0.05) is 59.6 Å². The van der Waals surface area contributed by atoms with Gasteiger partial charge in [0.05, 0.1) is 22.7 Å². The number of halogens is 2. The molecular formula is C26H26Cl2N2O3S. The summed E-state index contributed by atoms with van der Waals surface area (Å²) in [5.41, 5.74) is 1.43. The first kappa shape index (κ1) is 24.7. The minimum Gasteiger partial charge on any atom is -0.376 e. The van der Waals surface area contributed by atoms with E-state index in [2.05, 4.69) is 0 Å². The molecule has 4 rings (SSSR count). The molecule has 0 spiro atoms. The molecule has 1 aliphatic rings. The van der Waals surface area contributed by atoms with E-state index in [0.29, 0.717) is 41.8 Å². The Balaban J connectivity index is 1.55. The molecule has 3 aromatic rings. The molecule has 34 heavy (non-hydrogen) atoms. The van der Waals surface area contributed by atoms with E-state index in [9.17, 15) is 9.59 Å². The Labute approximate surface area is 213 Å². The summed E-state index contributed by atoms with van der Waals surface area (Å²) in [5, 5.41) is 2.68. The van der Waals surface area contributed by atoms with Crippen LogP contribution in [-0.2, 0) is 22.6 Å². The molecule has 1 saturated heterocycles. The van der Waals surface area contributed by atoms with E-state index in [1.807, 2.05) is 47.8 Å². The van der Waals surface area contributed by atoms with Gasteiger partial charge in [0.2, 0.25) is 5.91 Å². The average Bonchev–Trinajstić information content (AvgIpc) is 3.55. The number of benzene rings is 2. The van der Waals surface area contributed by atoms with Crippen LogP contribution in [0.1, 0.15) is 33.6 Å². The van der Waals surface area contributed by atoms with Gasteiger partial charge in [-0.2, -0.15) is 0 Å². The molecule has 0 radical (unpaired) electrons. The number of hydrogen-bond donors (Lipinski definition) is 0. The first-order valence-corrected chi connectivity index (χ1v) is 12.8. The monoisotopic (exact) mass is 516 g/mol. The van der Waals surface area contributed by atoms with Crippen LogP contribution in [0.5, 0.6) is 0 Å². The number of hydrogen-bond acceptors (Lipinski definition) is 4. The van der Waals surface area contributed by atoms with Gasteiger partial charge >= 0.3 is 0 Å². The largest absolute Gasteiger partial charge is 0.376 e. The summed E-state index contributed by atoms with van der Waals surface area (Å²) in [4.78, 5) is 31.5. The molecule has 2 aromatic carbocycles. The van der Waals surface area contributed by atoms with Crippen LogP contribution < -0.4 is 0 Å². The third-order valence-corrected chi connectivity index (χ3v) is 7.32. The van der Waals surface area contributed by atoms with Gasteiger partial charge in [0.15, 0.2) is 0 Å². The lowest BCUT2D eigenvalue weighted by molar-refractivity contribution is -0.133. The van der Waals surface area contributed by atoms with Crippen LogP contribution in [0.15, 0.2) is 66.0 Å². The maximum Gasteiger partial charge on any atom is 0.254 e. The number of rotatable bonds is 9. The molecule has 2 amide bonds. The summed E-state index contributed by atoms with van der Waals surface area (Å²) in [7, 11) is 0. The molecule has 1 aromatic heterocycles. The number of thiophene rings is 1. The third kappa shape index (κ3) is 6.60. The van der Waals surface area contributed by atoms with Crippen molar-refractivity contribution in [2.75, 3.05) is 19.7 Å². The van der Waals surface area contributed by atoms with Crippen molar-refractivity contribution in [3.63, 3.8) is 0 Å². The normalized spacial score (nSPS) is 15.3. The van der Waals surface area contributed by atoms with Crippen LogP contribution in [-0.4, -0.2) is 47.4 Å². The van der Waals surface area contributed by atoms with Crippen LogP contribution >= 0.6 is 34.5 Å². The molecule has 0 aliphatic carbocycles. The van der Waals surface area contributed by atoms with Crippen molar-refractivity contribution in [3.8, 4) is 0 Å². The lowest BCUT2D eigenvalue weighted by Crippen LogP contribution is -2.45. The van der Waals surface area contributed by atoms with Crippen molar-refractivity contribution in [3.05, 3.63) is 92.1 Å². The summed E-state index contributed by atoms with van der Waals surface area (Å²) in [6, 6.07) is 18.6. The second-order valence-electron chi connectivity index (χ2n) is 8.26. The molecular weight excluding hydrogens is 491 g/mol. The molecule has 0 saturated carbocycles. The van der Waals surface area contributed by atoms with E-state index in [-0.39, 0.29) is 24.5 Å². The fourth-order valence-electron chi connectivity index (χ4n) is 3.96. The molecule has 5 nitrogen and oxygen atoms in total. The molecule has 178 valence electrons. The first-order valence-electron chi connectivity index (χ1n) is 11.2. The Hall–Kier alpha value is -2.38.